The number of nitrogens with zero attached hydrogens (tertiary/aromatic N) is 1. The van der Waals surface area contributed by atoms with Crippen LogP contribution < -0.4 is 0 Å². The maximum atomic E-state index is 3.01. The monoisotopic (exact) mass is 564 g/mol. The number of likely N-dealkylation sites (tertiary alicyclic amines) is 1. The summed E-state index contributed by atoms with van der Waals surface area (Å²) in [5.74, 6) is 2.57. The highest BCUT2D eigenvalue weighted by atomic mass is 15.3. The molecule has 0 bridgehead atoms. The zero-order valence-electron chi connectivity index (χ0n) is 30.3. The first-order chi connectivity index (χ1) is 18.5. The fourth-order valence-corrected chi connectivity index (χ4v) is 11.4. The van der Waals surface area contributed by atoms with Crippen molar-refractivity contribution in [3.63, 3.8) is 0 Å². The molecule has 0 aromatic carbocycles. The smallest absolute Gasteiger partial charge is 0.0206 e. The molecular weight excluding hydrogens is 494 g/mol. The molecule has 1 saturated heterocycles. The Morgan fingerprint density at radius 1 is 0.829 bits per heavy atom. The molecule has 5 atom stereocenters. The van der Waals surface area contributed by atoms with Crippen molar-refractivity contribution in [2.75, 3.05) is 0 Å². The second kappa shape index (κ2) is 9.72. The highest BCUT2D eigenvalue weighted by Crippen LogP contribution is 2.66. The molecule has 0 radical (unpaired) electrons. The summed E-state index contributed by atoms with van der Waals surface area (Å²) in [6.45, 7) is 38.0. The van der Waals surface area contributed by atoms with E-state index in [0.29, 0.717) is 33.6 Å². The molecule has 0 aromatic heterocycles. The molecule has 41 heavy (non-hydrogen) atoms. The van der Waals surface area contributed by atoms with Crippen LogP contribution in [0.5, 0.6) is 0 Å². The van der Waals surface area contributed by atoms with Crippen molar-refractivity contribution in [1.82, 2.24) is 4.90 Å². The molecule has 2 saturated carbocycles. The highest BCUT2D eigenvalue weighted by molar-refractivity contribution is 5.40. The summed E-state index contributed by atoms with van der Waals surface area (Å²) in [6, 6.07) is 2.08. The second-order valence-electron chi connectivity index (χ2n) is 20.6. The van der Waals surface area contributed by atoms with Gasteiger partial charge in [-0.15, -0.1) is 0 Å². The minimum atomic E-state index is 0.238. The molecule has 4 aliphatic carbocycles. The molecule has 0 amide bonds. The van der Waals surface area contributed by atoms with Crippen LogP contribution >= 0.6 is 0 Å². The van der Waals surface area contributed by atoms with E-state index in [1.807, 2.05) is 22.3 Å². The van der Waals surface area contributed by atoms with Crippen molar-refractivity contribution in [3.8, 4) is 0 Å². The van der Waals surface area contributed by atoms with Gasteiger partial charge in [0.2, 0.25) is 0 Å². The minimum Gasteiger partial charge on any atom is -0.294 e. The minimum absolute atomic E-state index is 0.238. The van der Waals surface area contributed by atoms with Crippen LogP contribution in [0.2, 0.25) is 0 Å². The molecular formula is C40H69N. The van der Waals surface area contributed by atoms with Gasteiger partial charge in [-0.05, 0) is 122 Å². The fourth-order valence-electron chi connectivity index (χ4n) is 11.4. The van der Waals surface area contributed by atoms with E-state index >= 15 is 0 Å². The molecule has 1 spiro atoms. The lowest BCUT2D eigenvalue weighted by Gasteiger charge is -2.46. The number of rotatable bonds is 7. The van der Waals surface area contributed by atoms with E-state index in [9.17, 15) is 0 Å². The van der Waals surface area contributed by atoms with Crippen LogP contribution in [0.15, 0.2) is 22.3 Å². The van der Waals surface area contributed by atoms with E-state index in [0.717, 1.165) is 23.9 Å². The average Bonchev–Trinajstić information content (AvgIpc) is 3.55. The molecule has 5 rings (SSSR count). The third-order valence-corrected chi connectivity index (χ3v) is 12.6. The summed E-state index contributed by atoms with van der Waals surface area (Å²) >= 11 is 0. The maximum Gasteiger partial charge on any atom is 0.0206 e. The van der Waals surface area contributed by atoms with Gasteiger partial charge in [0.25, 0.3) is 0 Å². The van der Waals surface area contributed by atoms with E-state index in [1.165, 1.54) is 57.8 Å². The van der Waals surface area contributed by atoms with Gasteiger partial charge in [-0.25, -0.2) is 0 Å². The number of hydrogen-bond acceptors (Lipinski definition) is 1. The Bertz CT molecular complexity index is 1080. The van der Waals surface area contributed by atoms with Gasteiger partial charge in [0, 0.05) is 18.1 Å². The van der Waals surface area contributed by atoms with E-state index < -0.39 is 0 Å². The standard InChI is InChI=1S/C40H69N/c1-25(2)41-28(24-40(18-19-40)34(41)37(9,10)11)23-39(14,15)30-17-16-26(32(30)35(3,4)5)22-38(12,13)31-21-27-20-29(27)33(31)36(6,7)8/h25,27-30,34H,16-24H2,1-15H3. The SMILES string of the molecule is CC(C)N1C(CC(C)(C)C2CCC(CC(C)(C)C3=C(C(C)(C)C)C4CC4C3)=C2C(C)(C)C)CC2(CC2)C1C(C)(C)C. The van der Waals surface area contributed by atoms with Gasteiger partial charge >= 0.3 is 0 Å². The number of fused-ring (bicyclic) bond motifs is 1. The second-order valence-corrected chi connectivity index (χ2v) is 20.6. The van der Waals surface area contributed by atoms with Crippen molar-refractivity contribution in [2.24, 2.45) is 50.2 Å². The highest BCUT2D eigenvalue weighted by Gasteiger charge is 2.63. The van der Waals surface area contributed by atoms with Crippen molar-refractivity contribution in [3.05, 3.63) is 22.3 Å². The molecule has 1 heterocycles. The van der Waals surface area contributed by atoms with Crippen molar-refractivity contribution in [1.29, 1.82) is 0 Å². The zero-order valence-corrected chi connectivity index (χ0v) is 30.3. The Labute approximate surface area is 256 Å². The van der Waals surface area contributed by atoms with Crippen LogP contribution in [-0.2, 0) is 0 Å². The Hall–Kier alpha value is -0.560. The summed E-state index contributed by atoms with van der Waals surface area (Å²) in [4.78, 5) is 3.01. The summed E-state index contributed by atoms with van der Waals surface area (Å²) in [6.07, 6.45) is 12.5. The molecule has 5 unspecified atom stereocenters. The predicted octanol–water partition coefficient (Wildman–Crippen LogP) is 11.6. The zero-order chi connectivity index (χ0) is 30.7. The Morgan fingerprint density at radius 3 is 1.90 bits per heavy atom. The van der Waals surface area contributed by atoms with Crippen LogP contribution in [0.1, 0.15) is 162 Å². The maximum absolute atomic E-state index is 3.01. The number of allylic oxidation sites excluding steroid dienone is 4. The van der Waals surface area contributed by atoms with Crippen molar-refractivity contribution >= 4 is 0 Å². The summed E-state index contributed by atoms with van der Waals surface area (Å²) in [7, 11) is 0. The van der Waals surface area contributed by atoms with Crippen LogP contribution in [0.25, 0.3) is 0 Å². The lowest BCUT2D eigenvalue weighted by Crippen LogP contribution is -2.50. The van der Waals surface area contributed by atoms with E-state index in [2.05, 4.69) is 109 Å². The van der Waals surface area contributed by atoms with Crippen LogP contribution in [0, 0.1) is 50.2 Å². The molecule has 1 nitrogen and oxygen atoms in total. The van der Waals surface area contributed by atoms with Gasteiger partial charge in [0.1, 0.15) is 0 Å². The summed E-state index contributed by atoms with van der Waals surface area (Å²) in [5, 5.41) is 0. The molecule has 5 aliphatic rings. The fraction of sp³-hybridized carbons (Fsp3) is 0.900. The molecule has 0 N–H and O–H groups in total. The Morgan fingerprint density at radius 2 is 1.41 bits per heavy atom. The first-order valence-electron chi connectivity index (χ1n) is 17.7. The van der Waals surface area contributed by atoms with Crippen LogP contribution in [0.3, 0.4) is 0 Å². The normalized spacial score (nSPS) is 32.6. The third-order valence-electron chi connectivity index (χ3n) is 12.6. The molecule has 234 valence electrons. The Balaban J connectivity index is 1.44. The van der Waals surface area contributed by atoms with E-state index in [4.69, 9.17) is 0 Å². The first kappa shape index (κ1) is 31.9. The third kappa shape index (κ3) is 5.71. The summed E-state index contributed by atoms with van der Waals surface area (Å²) < 4.78 is 0. The van der Waals surface area contributed by atoms with Crippen LogP contribution in [-0.4, -0.2) is 23.0 Å². The molecule has 1 aliphatic heterocycles. The summed E-state index contributed by atoms with van der Waals surface area (Å²) in [5.41, 5.74) is 9.47. The molecule has 3 fully saturated rings. The van der Waals surface area contributed by atoms with Crippen LogP contribution in [0.4, 0.5) is 0 Å². The largest absolute Gasteiger partial charge is 0.294 e. The van der Waals surface area contributed by atoms with Gasteiger partial charge in [0.15, 0.2) is 0 Å². The number of hydrogen-bond donors (Lipinski definition) is 0. The van der Waals surface area contributed by atoms with Crippen molar-refractivity contribution in [2.45, 2.75) is 180 Å². The van der Waals surface area contributed by atoms with Gasteiger partial charge in [-0.1, -0.05) is 112 Å². The lowest BCUT2D eigenvalue weighted by atomic mass is 9.64. The van der Waals surface area contributed by atoms with Gasteiger partial charge in [-0.2, -0.15) is 0 Å². The van der Waals surface area contributed by atoms with Crippen molar-refractivity contribution < 1.29 is 0 Å². The Kier molecular flexibility index (Phi) is 7.55. The van der Waals surface area contributed by atoms with E-state index in [-0.39, 0.29) is 10.8 Å². The quantitative estimate of drug-likeness (QED) is 0.278. The molecule has 0 aromatic rings. The topological polar surface area (TPSA) is 3.24 Å². The first-order valence-corrected chi connectivity index (χ1v) is 17.7. The van der Waals surface area contributed by atoms with E-state index in [1.54, 1.807) is 0 Å². The molecule has 1 heteroatoms. The van der Waals surface area contributed by atoms with Gasteiger partial charge in [-0.3, -0.25) is 4.90 Å². The predicted molar refractivity (Wildman–Crippen MR) is 179 cm³/mol. The van der Waals surface area contributed by atoms with Gasteiger partial charge in [0.05, 0.1) is 0 Å². The van der Waals surface area contributed by atoms with Gasteiger partial charge < -0.3 is 0 Å². The lowest BCUT2D eigenvalue weighted by molar-refractivity contribution is 0.0347. The average molecular weight is 564 g/mol.